The number of carbonyl (C=O) groups excluding carboxylic acids is 1. The van der Waals surface area contributed by atoms with Gasteiger partial charge < -0.3 is 19.1 Å². The lowest BCUT2D eigenvalue weighted by Gasteiger charge is -2.21. The fourth-order valence-electron chi connectivity index (χ4n) is 4.05. The number of anilines is 2. The van der Waals surface area contributed by atoms with E-state index in [0.29, 0.717) is 22.2 Å². The van der Waals surface area contributed by atoms with Crippen molar-refractivity contribution >= 4 is 50.2 Å². The molecule has 2 heterocycles. The minimum atomic E-state index is -0.670. The van der Waals surface area contributed by atoms with Gasteiger partial charge in [0.05, 0.1) is 0 Å². The number of hydrogen-bond acceptors (Lipinski definition) is 5. The molecule has 0 fully saturated rings. The summed E-state index contributed by atoms with van der Waals surface area (Å²) >= 11 is 0. The maximum atomic E-state index is 12.8. The van der Waals surface area contributed by atoms with E-state index in [0.717, 1.165) is 35.1 Å². The molecule has 0 saturated carbocycles. The predicted molar refractivity (Wildman–Crippen MR) is 128 cm³/mol. The molecule has 2 aromatic heterocycles. The summed E-state index contributed by atoms with van der Waals surface area (Å²) in [6, 6.07) is 20.4. The standard InChI is InChI=1S/C26H22N2O4/c1-3-28(4-2)18-11-9-16-13-21(26(30)32-23(16)15-18)25(29)27-17-10-12-20-19-7-5-6-8-22(19)31-24(20)14-17/h5-15H,3-4H2,1-2H3,(H,27,29). The lowest BCUT2D eigenvalue weighted by atomic mass is 10.1. The van der Waals surface area contributed by atoms with Crippen molar-refractivity contribution in [3.63, 3.8) is 0 Å². The second kappa shape index (κ2) is 7.89. The lowest BCUT2D eigenvalue weighted by Crippen LogP contribution is -2.22. The molecule has 32 heavy (non-hydrogen) atoms. The van der Waals surface area contributed by atoms with Crippen LogP contribution in [0, 0.1) is 0 Å². The van der Waals surface area contributed by atoms with Gasteiger partial charge in [-0.2, -0.15) is 0 Å². The van der Waals surface area contributed by atoms with E-state index >= 15 is 0 Å². The van der Waals surface area contributed by atoms with Crippen LogP contribution >= 0.6 is 0 Å². The van der Waals surface area contributed by atoms with Crippen LogP contribution in [-0.2, 0) is 0 Å². The van der Waals surface area contributed by atoms with Gasteiger partial charge in [-0.3, -0.25) is 4.79 Å². The van der Waals surface area contributed by atoms with Crippen molar-refractivity contribution in [3.8, 4) is 0 Å². The molecule has 1 N–H and O–H groups in total. The number of furan rings is 1. The average Bonchev–Trinajstić information content (AvgIpc) is 3.17. The van der Waals surface area contributed by atoms with Crippen LogP contribution in [0.15, 0.2) is 80.4 Å². The summed E-state index contributed by atoms with van der Waals surface area (Å²) in [4.78, 5) is 27.6. The van der Waals surface area contributed by atoms with Crippen LogP contribution < -0.4 is 15.8 Å². The number of fused-ring (bicyclic) bond motifs is 4. The first-order valence-electron chi connectivity index (χ1n) is 10.6. The molecular formula is C26H22N2O4. The fourth-order valence-corrected chi connectivity index (χ4v) is 4.05. The molecule has 5 aromatic rings. The van der Waals surface area contributed by atoms with Crippen molar-refractivity contribution in [3.05, 3.63) is 82.7 Å². The van der Waals surface area contributed by atoms with Gasteiger partial charge in [-0.25, -0.2) is 4.79 Å². The largest absolute Gasteiger partial charge is 0.456 e. The Morgan fingerprint density at radius 3 is 2.44 bits per heavy atom. The Labute approximate surface area is 184 Å². The third-order valence-corrected chi connectivity index (χ3v) is 5.73. The molecule has 0 aliphatic rings. The van der Waals surface area contributed by atoms with Crippen molar-refractivity contribution in [1.29, 1.82) is 0 Å². The number of amides is 1. The van der Waals surface area contributed by atoms with Crippen molar-refractivity contribution in [2.75, 3.05) is 23.3 Å². The molecule has 6 nitrogen and oxygen atoms in total. The van der Waals surface area contributed by atoms with Crippen LogP contribution in [-0.4, -0.2) is 19.0 Å². The van der Waals surface area contributed by atoms with Gasteiger partial charge in [0.1, 0.15) is 22.3 Å². The Kier molecular flexibility index (Phi) is 4.90. The summed E-state index contributed by atoms with van der Waals surface area (Å²) in [5, 5.41) is 5.45. The topological polar surface area (TPSA) is 75.7 Å². The van der Waals surface area contributed by atoms with Gasteiger partial charge in [-0.1, -0.05) is 18.2 Å². The maximum absolute atomic E-state index is 12.8. The van der Waals surface area contributed by atoms with E-state index in [4.69, 9.17) is 8.83 Å². The molecule has 0 bridgehead atoms. The second-order valence-corrected chi connectivity index (χ2v) is 7.61. The van der Waals surface area contributed by atoms with Crippen molar-refractivity contribution in [2.24, 2.45) is 0 Å². The predicted octanol–water partition coefficient (Wildman–Crippen LogP) is 5.79. The van der Waals surface area contributed by atoms with E-state index in [1.54, 1.807) is 18.2 Å². The van der Waals surface area contributed by atoms with Gasteiger partial charge in [0.15, 0.2) is 0 Å². The first kappa shape index (κ1) is 19.9. The number of benzene rings is 3. The maximum Gasteiger partial charge on any atom is 0.349 e. The minimum absolute atomic E-state index is 0.0437. The van der Waals surface area contributed by atoms with E-state index in [1.165, 1.54) is 0 Å². The van der Waals surface area contributed by atoms with Crippen molar-refractivity contribution < 1.29 is 13.6 Å². The van der Waals surface area contributed by atoms with Crippen LogP contribution in [0.3, 0.4) is 0 Å². The van der Waals surface area contributed by atoms with E-state index in [2.05, 4.69) is 24.1 Å². The highest BCUT2D eigenvalue weighted by Crippen LogP contribution is 2.30. The first-order valence-corrected chi connectivity index (χ1v) is 10.6. The molecule has 0 radical (unpaired) electrons. The van der Waals surface area contributed by atoms with Gasteiger partial charge in [0, 0.05) is 52.8 Å². The Morgan fingerprint density at radius 2 is 1.62 bits per heavy atom. The Morgan fingerprint density at radius 1 is 0.844 bits per heavy atom. The molecule has 0 unspecified atom stereocenters. The lowest BCUT2D eigenvalue weighted by molar-refractivity contribution is 0.102. The smallest absolute Gasteiger partial charge is 0.349 e. The zero-order valence-electron chi connectivity index (χ0n) is 17.8. The van der Waals surface area contributed by atoms with Crippen LogP contribution in [0.5, 0.6) is 0 Å². The minimum Gasteiger partial charge on any atom is -0.456 e. The molecule has 3 aromatic carbocycles. The normalized spacial score (nSPS) is 11.3. The van der Waals surface area contributed by atoms with Crippen molar-refractivity contribution in [2.45, 2.75) is 13.8 Å². The molecular weight excluding hydrogens is 404 g/mol. The van der Waals surface area contributed by atoms with E-state index in [1.807, 2.05) is 48.5 Å². The van der Waals surface area contributed by atoms with Crippen LogP contribution in [0.4, 0.5) is 11.4 Å². The molecule has 0 atom stereocenters. The molecule has 160 valence electrons. The average molecular weight is 426 g/mol. The highest BCUT2D eigenvalue weighted by atomic mass is 16.4. The molecule has 1 amide bonds. The quantitative estimate of drug-likeness (QED) is 0.360. The van der Waals surface area contributed by atoms with E-state index < -0.39 is 11.5 Å². The molecule has 0 spiro atoms. The molecule has 0 aliphatic heterocycles. The number of nitrogens with zero attached hydrogens (tertiary/aromatic N) is 1. The number of nitrogens with one attached hydrogen (secondary N) is 1. The number of hydrogen-bond donors (Lipinski definition) is 1. The van der Waals surface area contributed by atoms with Crippen LogP contribution in [0.25, 0.3) is 32.9 Å². The van der Waals surface area contributed by atoms with Gasteiger partial charge >= 0.3 is 5.63 Å². The van der Waals surface area contributed by atoms with Gasteiger partial charge in [-0.05, 0) is 50.2 Å². The number of rotatable bonds is 5. The van der Waals surface area contributed by atoms with Crippen molar-refractivity contribution in [1.82, 2.24) is 0 Å². The molecule has 5 rings (SSSR count). The fraction of sp³-hybridized carbons (Fsp3) is 0.154. The third-order valence-electron chi connectivity index (χ3n) is 5.73. The monoisotopic (exact) mass is 426 g/mol. The summed E-state index contributed by atoms with van der Waals surface area (Å²) in [7, 11) is 0. The zero-order valence-corrected chi connectivity index (χ0v) is 17.8. The summed E-state index contributed by atoms with van der Waals surface area (Å²) < 4.78 is 11.4. The van der Waals surface area contributed by atoms with Crippen LogP contribution in [0.2, 0.25) is 0 Å². The SMILES string of the molecule is CCN(CC)c1ccc2cc(C(=O)Nc3ccc4c(c3)oc3ccccc34)c(=O)oc2c1. The van der Waals surface area contributed by atoms with E-state index in [9.17, 15) is 9.59 Å². The highest BCUT2D eigenvalue weighted by Gasteiger charge is 2.16. The Hall–Kier alpha value is -4.06. The van der Waals surface area contributed by atoms with Gasteiger partial charge in [0.25, 0.3) is 5.91 Å². The molecule has 0 aliphatic carbocycles. The second-order valence-electron chi connectivity index (χ2n) is 7.61. The Balaban J connectivity index is 1.46. The van der Waals surface area contributed by atoms with Gasteiger partial charge in [0.2, 0.25) is 0 Å². The third kappa shape index (κ3) is 3.39. The number of carbonyl (C=O) groups is 1. The summed E-state index contributed by atoms with van der Waals surface area (Å²) in [5.41, 5.74) is 2.71. The number of para-hydroxylation sites is 1. The first-order chi connectivity index (χ1) is 15.6. The summed E-state index contributed by atoms with van der Waals surface area (Å²) in [5.74, 6) is -0.524. The summed E-state index contributed by atoms with van der Waals surface area (Å²) in [6.07, 6.45) is 0. The molecule has 0 saturated heterocycles. The summed E-state index contributed by atoms with van der Waals surface area (Å²) in [6.45, 7) is 5.84. The molecule has 6 heteroatoms. The van der Waals surface area contributed by atoms with Gasteiger partial charge in [-0.15, -0.1) is 0 Å². The van der Waals surface area contributed by atoms with E-state index in [-0.39, 0.29) is 5.56 Å². The van der Waals surface area contributed by atoms with Crippen LogP contribution in [0.1, 0.15) is 24.2 Å². The zero-order chi connectivity index (χ0) is 22.2. The highest BCUT2D eigenvalue weighted by molar-refractivity contribution is 6.09. The Bertz CT molecular complexity index is 1530.